The van der Waals surface area contributed by atoms with Gasteiger partial charge in [0.1, 0.15) is 25.9 Å². The molecule has 5 heterocycles. The summed E-state index contributed by atoms with van der Waals surface area (Å²) in [5.74, 6) is -4.05. The van der Waals surface area contributed by atoms with Crippen molar-refractivity contribution in [2.45, 2.75) is 90.5 Å². The summed E-state index contributed by atoms with van der Waals surface area (Å²) in [5.41, 5.74) is 0.362. The molecule has 2 aromatic heterocycles. The molecule has 292 valence electrons. The molecule has 0 spiro atoms. The topological polar surface area (TPSA) is 220 Å². The van der Waals surface area contributed by atoms with Gasteiger partial charge in [-0.25, -0.2) is 14.6 Å². The molecule has 3 aromatic rings. The van der Waals surface area contributed by atoms with Gasteiger partial charge in [0.15, 0.2) is 24.6 Å². The van der Waals surface area contributed by atoms with Crippen LogP contribution in [0.1, 0.15) is 57.7 Å². The summed E-state index contributed by atoms with van der Waals surface area (Å²) >= 11 is 0. The second-order valence-corrected chi connectivity index (χ2v) is 12.9. The zero-order chi connectivity index (χ0) is 39.6. The Hall–Kier alpha value is -5.88. The van der Waals surface area contributed by atoms with Gasteiger partial charge in [0.2, 0.25) is 5.60 Å². The van der Waals surface area contributed by atoms with Gasteiger partial charge in [-0.3, -0.25) is 24.0 Å². The average molecular weight is 767 g/mol. The lowest BCUT2D eigenvalue weighted by Crippen LogP contribution is -2.63. The number of hydrogen-bond acceptors (Lipinski definition) is 17. The Morgan fingerprint density at radius 2 is 1.56 bits per heavy atom. The summed E-state index contributed by atoms with van der Waals surface area (Å²) in [4.78, 5) is 93.0. The fourth-order valence-electron chi connectivity index (χ4n) is 6.87. The highest BCUT2D eigenvalue weighted by Gasteiger charge is 2.53. The van der Waals surface area contributed by atoms with Crippen LogP contribution in [0.4, 0.5) is 4.79 Å². The zero-order valence-electron chi connectivity index (χ0n) is 30.5. The lowest BCUT2D eigenvalue weighted by atomic mass is 9.85. The van der Waals surface area contributed by atoms with E-state index in [9.17, 15) is 33.6 Å². The number of para-hydroxylation sites is 1. The first kappa shape index (κ1) is 38.8. The summed E-state index contributed by atoms with van der Waals surface area (Å²) in [5, 5.41) is 0.900. The van der Waals surface area contributed by atoms with E-state index >= 15 is 0 Å². The number of nitrogens with zero attached hydrogens (tertiary/aromatic N) is 2. The van der Waals surface area contributed by atoms with Crippen LogP contribution in [-0.4, -0.2) is 96.1 Å². The quantitative estimate of drug-likeness (QED) is 0.121. The molecular weight excluding hydrogens is 728 g/mol. The monoisotopic (exact) mass is 766 g/mol. The second kappa shape index (κ2) is 15.8. The molecule has 0 amide bonds. The lowest BCUT2D eigenvalue weighted by Gasteiger charge is -2.44. The molecule has 0 bridgehead atoms. The Morgan fingerprint density at radius 1 is 0.873 bits per heavy atom. The highest BCUT2D eigenvalue weighted by atomic mass is 16.8. The maximum absolute atomic E-state index is 13.8. The van der Waals surface area contributed by atoms with E-state index in [0.717, 1.165) is 38.6 Å². The van der Waals surface area contributed by atoms with Crippen molar-refractivity contribution in [2.75, 3.05) is 19.8 Å². The maximum Gasteiger partial charge on any atom is 0.509 e. The number of benzene rings is 1. The first-order valence-electron chi connectivity index (χ1n) is 17.3. The number of carbonyl (C=O) groups is 6. The minimum Gasteiger partial charge on any atom is -0.463 e. The molecule has 6 atom stereocenters. The largest absolute Gasteiger partial charge is 0.509 e. The Kier molecular flexibility index (Phi) is 11.2. The molecule has 3 aliphatic rings. The van der Waals surface area contributed by atoms with Crippen molar-refractivity contribution in [2.24, 2.45) is 0 Å². The van der Waals surface area contributed by atoms with Crippen molar-refractivity contribution in [3.05, 3.63) is 63.4 Å². The predicted molar refractivity (Wildman–Crippen MR) is 183 cm³/mol. The van der Waals surface area contributed by atoms with Crippen molar-refractivity contribution in [1.82, 2.24) is 9.55 Å². The SMILES string of the molecule is CCC1(OC(=O)OCCOC2OC(COC(C)=O)C(OC(C)=O)C(OC(C)=O)C2OC(C)=O)C(=O)OCc2c1cc1n(c2=O)Cc2cc3ccccc3nc2-1. The summed E-state index contributed by atoms with van der Waals surface area (Å²) < 4.78 is 50.6. The molecule has 0 aliphatic carbocycles. The lowest BCUT2D eigenvalue weighted by molar-refractivity contribution is -0.309. The minimum atomic E-state index is -2.04. The number of esters is 5. The van der Waals surface area contributed by atoms with Gasteiger partial charge in [-0.15, -0.1) is 0 Å². The summed E-state index contributed by atoms with van der Waals surface area (Å²) in [6, 6.07) is 11.1. The molecule has 1 aromatic carbocycles. The van der Waals surface area contributed by atoms with E-state index in [4.69, 9.17) is 47.6 Å². The van der Waals surface area contributed by atoms with Crippen molar-refractivity contribution in [3.63, 3.8) is 0 Å². The molecule has 0 N–H and O–H groups in total. The Labute approximate surface area is 312 Å². The van der Waals surface area contributed by atoms with Crippen LogP contribution in [-0.2, 0) is 85.4 Å². The molecule has 6 rings (SSSR count). The zero-order valence-corrected chi connectivity index (χ0v) is 30.5. The highest BCUT2D eigenvalue weighted by molar-refractivity contribution is 5.87. The summed E-state index contributed by atoms with van der Waals surface area (Å²) in [7, 11) is 0. The van der Waals surface area contributed by atoms with Gasteiger partial charge in [-0.2, -0.15) is 0 Å². The van der Waals surface area contributed by atoms with Crippen molar-refractivity contribution in [3.8, 4) is 11.4 Å². The third kappa shape index (κ3) is 7.86. The highest BCUT2D eigenvalue weighted by Crippen LogP contribution is 2.41. The van der Waals surface area contributed by atoms with Crippen LogP contribution in [0.3, 0.4) is 0 Å². The van der Waals surface area contributed by atoms with Crippen LogP contribution in [0.25, 0.3) is 22.3 Å². The van der Waals surface area contributed by atoms with Crippen LogP contribution in [0, 0.1) is 0 Å². The first-order valence-corrected chi connectivity index (χ1v) is 17.3. The van der Waals surface area contributed by atoms with E-state index in [-0.39, 0.29) is 30.7 Å². The van der Waals surface area contributed by atoms with E-state index in [1.165, 1.54) is 4.57 Å². The second-order valence-electron chi connectivity index (χ2n) is 12.9. The van der Waals surface area contributed by atoms with Gasteiger partial charge in [0.05, 0.1) is 35.6 Å². The van der Waals surface area contributed by atoms with Crippen LogP contribution < -0.4 is 5.56 Å². The van der Waals surface area contributed by atoms with E-state index in [0.29, 0.717) is 16.9 Å². The van der Waals surface area contributed by atoms with Gasteiger partial charge in [-0.05, 0) is 24.6 Å². The Balaban J connectivity index is 1.19. The molecule has 55 heavy (non-hydrogen) atoms. The van der Waals surface area contributed by atoms with Crippen molar-refractivity contribution in [1.29, 1.82) is 0 Å². The third-order valence-corrected chi connectivity index (χ3v) is 9.18. The fraction of sp³-hybridized carbons (Fsp3) is 0.459. The van der Waals surface area contributed by atoms with Crippen LogP contribution in [0.5, 0.6) is 0 Å². The number of ether oxygens (including phenoxy) is 9. The van der Waals surface area contributed by atoms with Crippen molar-refractivity contribution >= 4 is 46.9 Å². The van der Waals surface area contributed by atoms with Gasteiger partial charge < -0.3 is 47.2 Å². The number of carbonyl (C=O) groups excluding carboxylic acids is 6. The number of cyclic esters (lactones) is 1. The van der Waals surface area contributed by atoms with Gasteiger partial charge in [0.25, 0.3) is 5.56 Å². The average Bonchev–Trinajstić information content (AvgIpc) is 3.48. The molecular formula is C37H38N2O16. The van der Waals surface area contributed by atoms with Gasteiger partial charge in [0, 0.05) is 44.2 Å². The number of hydrogen-bond donors (Lipinski definition) is 0. The minimum absolute atomic E-state index is 0.115. The van der Waals surface area contributed by atoms with E-state index in [2.05, 4.69) is 0 Å². The number of fused-ring (bicyclic) bond motifs is 5. The van der Waals surface area contributed by atoms with Crippen LogP contribution >= 0.6 is 0 Å². The Bertz CT molecular complexity index is 2110. The predicted octanol–water partition coefficient (Wildman–Crippen LogP) is 2.34. The molecule has 6 unspecified atom stereocenters. The molecule has 3 aliphatic heterocycles. The van der Waals surface area contributed by atoms with Gasteiger partial charge in [-0.1, -0.05) is 25.1 Å². The molecule has 1 saturated heterocycles. The summed E-state index contributed by atoms with van der Waals surface area (Å²) in [6.45, 7) is 4.47. The van der Waals surface area contributed by atoms with Crippen molar-refractivity contribution < 1.29 is 71.4 Å². The van der Waals surface area contributed by atoms with E-state index in [1.807, 2.05) is 30.3 Å². The van der Waals surface area contributed by atoms with E-state index in [1.54, 1.807) is 13.0 Å². The smallest absolute Gasteiger partial charge is 0.463 e. The number of aromatic nitrogens is 2. The normalized spacial score (nSPS) is 23.7. The van der Waals surface area contributed by atoms with Crippen LogP contribution in [0.15, 0.2) is 41.2 Å². The fourth-order valence-corrected chi connectivity index (χ4v) is 6.87. The molecule has 18 heteroatoms. The third-order valence-electron chi connectivity index (χ3n) is 9.18. The molecule has 0 saturated carbocycles. The Morgan fingerprint density at radius 3 is 2.25 bits per heavy atom. The summed E-state index contributed by atoms with van der Waals surface area (Å²) in [6.07, 6.45) is -8.56. The molecule has 0 radical (unpaired) electrons. The maximum atomic E-state index is 13.8. The number of rotatable bonds is 11. The molecule has 18 nitrogen and oxygen atoms in total. The standard InChI is InChI=1S/C37H38N2O16/c1-6-37(25-14-27-29-23(13-22-9-7-8-10-26(22)38-29)15-39(27)33(44)24(25)16-50-35(37)45)55-36(46)48-12-11-47-34-32(53-21(5)43)31(52-20(4)42)30(51-19(3)41)28(54-34)17-49-18(2)40/h7-10,13-14,28,30-32,34H,6,11-12,15-17H2,1-5H3. The van der Waals surface area contributed by atoms with E-state index < -0.39 is 97.7 Å². The molecule has 1 fully saturated rings. The van der Waals surface area contributed by atoms with Gasteiger partial charge >= 0.3 is 36.0 Å². The number of pyridine rings is 2. The van der Waals surface area contributed by atoms with Crippen LogP contribution in [0.2, 0.25) is 0 Å². The first-order chi connectivity index (χ1) is 26.2.